The third-order valence-corrected chi connectivity index (χ3v) is 1.20. The summed E-state index contributed by atoms with van der Waals surface area (Å²) in [5, 5.41) is 8.92. The second-order valence-corrected chi connectivity index (χ2v) is 2.24. The van der Waals surface area contributed by atoms with Crippen molar-refractivity contribution in [2.75, 3.05) is 0 Å². The number of carbonyl (C=O) groups is 2. The minimum atomic E-state index is -1.08. The highest BCUT2D eigenvalue weighted by Gasteiger charge is 2.13. The molecule has 0 rings (SSSR count). The van der Waals surface area contributed by atoms with Crippen LogP contribution in [0.3, 0.4) is 0 Å². The van der Waals surface area contributed by atoms with Crippen molar-refractivity contribution in [2.45, 2.75) is 32.8 Å². The van der Waals surface area contributed by atoms with Crippen molar-refractivity contribution >= 4 is 11.6 Å². The standard InChI is InChI=1S/C7H12O3/c1-3-6(9)7(10)4-5(2)8/h7,10H,3-4H2,1-2H3. The van der Waals surface area contributed by atoms with Crippen molar-refractivity contribution in [1.29, 1.82) is 0 Å². The molecule has 10 heavy (non-hydrogen) atoms. The molecular weight excluding hydrogens is 132 g/mol. The van der Waals surface area contributed by atoms with Crippen LogP contribution < -0.4 is 0 Å². The number of ketones is 2. The van der Waals surface area contributed by atoms with Crippen molar-refractivity contribution in [1.82, 2.24) is 0 Å². The van der Waals surface area contributed by atoms with Crippen LogP contribution in [0.5, 0.6) is 0 Å². The van der Waals surface area contributed by atoms with Gasteiger partial charge >= 0.3 is 0 Å². The third-order valence-electron chi connectivity index (χ3n) is 1.20. The number of aliphatic hydroxyl groups excluding tert-OH is 1. The molecule has 3 nitrogen and oxygen atoms in total. The van der Waals surface area contributed by atoms with E-state index in [1.807, 2.05) is 0 Å². The minimum Gasteiger partial charge on any atom is -0.385 e. The number of rotatable bonds is 4. The first-order valence-electron chi connectivity index (χ1n) is 3.28. The molecular formula is C7H12O3. The van der Waals surface area contributed by atoms with E-state index < -0.39 is 6.10 Å². The van der Waals surface area contributed by atoms with E-state index in [0.717, 1.165) is 0 Å². The molecule has 0 bridgehead atoms. The average Bonchev–Trinajstić information content (AvgIpc) is 1.85. The van der Waals surface area contributed by atoms with E-state index in [9.17, 15) is 9.59 Å². The molecule has 58 valence electrons. The van der Waals surface area contributed by atoms with Crippen molar-refractivity contribution in [3.8, 4) is 0 Å². The van der Waals surface area contributed by atoms with E-state index in [2.05, 4.69) is 0 Å². The van der Waals surface area contributed by atoms with Crippen LogP contribution in [0, 0.1) is 0 Å². The molecule has 0 aromatic rings. The van der Waals surface area contributed by atoms with Gasteiger partial charge in [-0.2, -0.15) is 0 Å². The van der Waals surface area contributed by atoms with Crippen molar-refractivity contribution in [3.05, 3.63) is 0 Å². The Morgan fingerprint density at radius 3 is 2.30 bits per heavy atom. The summed E-state index contributed by atoms with van der Waals surface area (Å²) in [7, 11) is 0. The Bertz CT molecular complexity index is 140. The van der Waals surface area contributed by atoms with E-state index in [1.165, 1.54) is 6.92 Å². The van der Waals surface area contributed by atoms with Gasteiger partial charge < -0.3 is 5.11 Å². The highest BCUT2D eigenvalue weighted by atomic mass is 16.3. The zero-order valence-corrected chi connectivity index (χ0v) is 6.26. The second kappa shape index (κ2) is 4.17. The Hall–Kier alpha value is -0.700. The maximum absolute atomic E-state index is 10.6. The molecule has 0 aromatic heterocycles. The SMILES string of the molecule is CCC(=O)C(O)CC(C)=O. The molecule has 0 spiro atoms. The summed E-state index contributed by atoms with van der Waals surface area (Å²) >= 11 is 0. The maximum atomic E-state index is 10.6. The van der Waals surface area contributed by atoms with E-state index in [0.29, 0.717) is 0 Å². The molecule has 1 atom stereocenters. The van der Waals surface area contributed by atoms with Crippen LogP contribution in [0.1, 0.15) is 26.7 Å². The van der Waals surface area contributed by atoms with Gasteiger partial charge in [-0.25, -0.2) is 0 Å². The molecule has 0 amide bonds. The van der Waals surface area contributed by atoms with E-state index in [-0.39, 0.29) is 24.4 Å². The van der Waals surface area contributed by atoms with Crippen molar-refractivity contribution in [2.24, 2.45) is 0 Å². The van der Waals surface area contributed by atoms with Gasteiger partial charge in [-0.1, -0.05) is 6.92 Å². The van der Waals surface area contributed by atoms with Crippen molar-refractivity contribution in [3.63, 3.8) is 0 Å². The first-order chi connectivity index (χ1) is 4.57. The fourth-order valence-corrected chi connectivity index (χ4v) is 0.622. The average molecular weight is 144 g/mol. The van der Waals surface area contributed by atoms with Gasteiger partial charge in [-0.15, -0.1) is 0 Å². The number of aliphatic hydroxyl groups is 1. The van der Waals surface area contributed by atoms with Gasteiger partial charge in [-0.05, 0) is 6.92 Å². The van der Waals surface area contributed by atoms with Crippen LogP contribution in [-0.4, -0.2) is 22.8 Å². The Kier molecular flexibility index (Phi) is 3.88. The topological polar surface area (TPSA) is 54.4 Å². The number of carbonyl (C=O) groups excluding carboxylic acids is 2. The van der Waals surface area contributed by atoms with Crippen LogP contribution in [0.25, 0.3) is 0 Å². The lowest BCUT2D eigenvalue weighted by molar-refractivity contribution is -0.131. The largest absolute Gasteiger partial charge is 0.385 e. The number of Topliss-reactive ketones (excluding diaryl/α,β-unsaturated/α-hetero) is 2. The Morgan fingerprint density at radius 1 is 1.50 bits per heavy atom. The number of hydrogen-bond donors (Lipinski definition) is 1. The smallest absolute Gasteiger partial charge is 0.161 e. The van der Waals surface area contributed by atoms with Crippen molar-refractivity contribution < 1.29 is 14.7 Å². The molecule has 0 aliphatic rings. The van der Waals surface area contributed by atoms with E-state index >= 15 is 0 Å². The summed E-state index contributed by atoms with van der Waals surface area (Å²) in [5.41, 5.74) is 0. The Labute approximate surface area is 60.0 Å². The molecule has 0 saturated heterocycles. The summed E-state index contributed by atoms with van der Waals surface area (Å²) in [6.07, 6.45) is -0.844. The molecule has 0 aliphatic heterocycles. The molecule has 3 heteroatoms. The van der Waals surface area contributed by atoms with Gasteiger partial charge in [-0.3, -0.25) is 9.59 Å². The van der Waals surface area contributed by atoms with E-state index in [1.54, 1.807) is 6.92 Å². The highest BCUT2D eigenvalue weighted by Crippen LogP contribution is 1.96. The lowest BCUT2D eigenvalue weighted by Crippen LogP contribution is -2.21. The summed E-state index contributed by atoms with van der Waals surface area (Å²) in [4.78, 5) is 21.0. The Morgan fingerprint density at radius 2 is 2.00 bits per heavy atom. The molecule has 0 aliphatic carbocycles. The zero-order valence-electron chi connectivity index (χ0n) is 6.26. The molecule has 0 saturated carbocycles. The maximum Gasteiger partial charge on any atom is 0.161 e. The first kappa shape index (κ1) is 9.30. The summed E-state index contributed by atoms with van der Waals surface area (Å²) in [6, 6.07) is 0. The Balaban J connectivity index is 3.72. The van der Waals surface area contributed by atoms with E-state index in [4.69, 9.17) is 5.11 Å². The van der Waals surface area contributed by atoms with Gasteiger partial charge in [0.2, 0.25) is 0 Å². The van der Waals surface area contributed by atoms with Gasteiger partial charge in [0.15, 0.2) is 5.78 Å². The predicted octanol–water partition coefficient (Wildman–Crippen LogP) is 0.305. The quantitative estimate of drug-likeness (QED) is 0.617. The summed E-state index contributed by atoms with van der Waals surface area (Å²) in [6.45, 7) is 3.01. The predicted molar refractivity (Wildman–Crippen MR) is 36.6 cm³/mol. The number of hydrogen-bond acceptors (Lipinski definition) is 3. The van der Waals surface area contributed by atoms with Crippen LogP contribution >= 0.6 is 0 Å². The highest BCUT2D eigenvalue weighted by molar-refractivity contribution is 5.88. The van der Waals surface area contributed by atoms with Gasteiger partial charge in [0.1, 0.15) is 11.9 Å². The molecule has 0 heterocycles. The monoisotopic (exact) mass is 144 g/mol. The third kappa shape index (κ3) is 3.35. The first-order valence-corrected chi connectivity index (χ1v) is 3.28. The van der Waals surface area contributed by atoms with Gasteiger partial charge in [0, 0.05) is 12.8 Å². The van der Waals surface area contributed by atoms with Crippen LogP contribution in [0.2, 0.25) is 0 Å². The second-order valence-electron chi connectivity index (χ2n) is 2.24. The fourth-order valence-electron chi connectivity index (χ4n) is 0.622. The molecule has 1 unspecified atom stereocenters. The molecule has 0 fully saturated rings. The zero-order chi connectivity index (χ0) is 8.15. The molecule has 0 aromatic carbocycles. The van der Waals surface area contributed by atoms with Gasteiger partial charge in [0.05, 0.1) is 0 Å². The fraction of sp³-hybridized carbons (Fsp3) is 0.714. The summed E-state index contributed by atoms with van der Waals surface area (Å²) in [5.74, 6) is -0.426. The lowest BCUT2D eigenvalue weighted by atomic mass is 10.1. The van der Waals surface area contributed by atoms with Gasteiger partial charge in [0.25, 0.3) is 0 Å². The molecule has 1 N–H and O–H groups in total. The normalized spacial score (nSPS) is 12.7. The van der Waals surface area contributed by atoms with Crippen LogP contribution in [0.15, 0.2) is 0 Å². The molecule has 0 radical (unpaired) electrons. The lowest BCUT2D eigenvalue weighted by Gasteiger charge is -2.03. The minimum absolute atomic E-state index is 0.0489. The van der Waals surface area contributed by atoms with Crippen LogP contribution in [-0.2, 0) is 9.59 Å². The summed E-state index contributed by atoms with van der Waals surface area (Å²) < 4.78 is 0. The van der Waals surface area contributed by atoms with Crippen LogP contribution in [0.4, 0.5) is 0 Å².